The lowest BCUT2D eigenvalue weighted by Gasteiger charge is -2.06. The van der Waals surface area contributed by atoms with Crippen molar-refractivity contribution < 1.29 is 14.8 Å². The molecule has 0 radical (unpaired) electrons. The minimum Gasteiger partial charge on any atom is -0.479 e. The molecule has 7 nitrogen and oxygen atoms in total. The van der Waals surface area contributed by atoms with Crippen LogP contribution in [0.3, 0.4) is 0 Å². The van der Waals surface area contributed by atoms with Gasteiger partial charge in [0.2, 0.25) is 0 Å². The zero-order valence-electron chi connectivity index (χ0n) is 9.89. The molecule has 1 aromatic heterocycles. The number of nitro benzene ring substituents is 1. The summed E-state index contributed by atoms with van der Waals surface area (Å²) >= 11 is 0. The number of nitrogens with zero attached hydrogens (tertiary/aromatic N) is 3. The highest BCUT2D eigenvalue weighted by Crippen LogP contribution is 2.28. The summed E-state index contributed by atoms with van der Waals surface area (Å²) in [5.41, 5.74) is 0.262. The molecular weight excluding hydrogens is 250 g/mol. The van der Waals surface area contributed by atoms with Gasteiger partial charge in [-0.2, -0.15) is 0 Å². The molecule has 1 heterocycles. The maximum atomic E-state index is 10.9. The van der Waals surface area contributed by atoms with Gasteiger partial charge in [0.15, 0.2) is 11.6 Å². The van der Waals surface area contributed by atoms with Crippen LogP contribution in [0.2, 0.25) is 0 Å². The molecule has 0 saturated heterocycles. The maximum absolute atomic E-state index is 10.9. The van der Waals surface area contributed by atoms with E-state index in [9.17, 15) is 10.1 Å². The quantitative estimate of drug-likeness (QED) is 0.646. The van der Waals surface area contributed by atoms with Crippen molar-refractivity contribution in [1.82, 2.24) is 9.97 Å². The van der Waals surface area contributed by atoms with Crippen LogP contribution in [0, 0.1) is 10.1 Å². The van der Waals surface area contributed by atoms with E-state index in [1.165, 1.54) is 12.1 Å². The van der Waals surface area contributed by atoms with Gasteiger partial charge in [0, 0.05) is 18.5 Å². The number of hydrogen-bond donors (Lipinski definition) is 1. The molecule has 0 fully saturated rings. The average Bonchev–Trinajstić information content (AvgIpc) is 2.46. The Balaban J connectivity index is 2.18. The van der Waals surface area contributed by atoms with Gasteiger partial charge in [-0.1, -0.05) is 6.07 Å². The van der Waals surface area contributed by atoms with E-state index in [1.54, 1.807) is 24.5 Å². The highest BCUT2D eigenvalue weighted by atomic mass is 16.6. The molecule has 2 aromatic rings. The van der Waals surface area contributed by atoms with Crippen LogP contribution in [0.1, 0.15) is 11.4 Å². The van der Waals surface area contributed by atoms with Crippen molar-refractivity contribution in [3.8, 4) is 5.75 Å². The fraction of sp³-hybridized carbons (Fsp3) is 0.167. The van der Waals surface area contributed by atoms with Crippen LogP contribution in [0.15, 0.2) is 36.7 Å². The molecule has 0 unspecified atom stereocenters. The number of aromatic nitrogens is 2. The highest BCUT2D eigenvalue weighted by Gasteiger charge is 2.16. The summed E-state index contributed by atoms with van der Waals surface area (Å²) < 4.78 is 5.34. The van der Waals surface area contributed by atoms with E-state index >= 15 is 0 Å². The number of aliphatic hydroxyl groups excluding tert-OH is 1. The van der Waals surface area contributed by atoms with Crippen LogP contribution in [-0.2, 0) is 13.2 Å². The van der Waals surface area contributed by atoms with Gasteiger partial charge < -0.3 is 9.84 Å². The molecule has 0 atom stereocenters. The Hall–Kier alpha value is -2.54. The molecule has 0 spiro atoms. The first-order valence-corrected chi connectivity index (χ1v) is 5.47. The molecule has 2 rings (SSSR count). The summed E-state index contributed by atoms with van der Waals surface area (Å²) in [5.74, 6) is 0.553. The summed E-state index contributed by atoms with van der Waals surface area (Å²) in [7, 11) is 0. The van der Waals surface area contributed by atoms with Crippen LogP contribution >= 0.6 is 0 Å². The molecule has 98 valence electrons. The van der Waals surface area contributed by atoms with Crippen LogP contribution in [0.4, 0.5) is 5.69 Å². The molecule has 1 aromatic carbocycles. The Morgan fingerprint density at radius 1 is 1.32 bits per heavy atom. The van der Waals surface area contributed by atoms with Crippen molar-refractivity contribution >= 4 is 5.69 Å². The molecule has 0 amide bonds. The summed E-state index contributed by atoms with van der Waals surface area (Å²) in [5, 5.41) is 19.9. The highest BCUT2D eigenvalue weighted by molar-refractivity contribution is 5.48. The Bertz CT molecular complexity index is 574. The maximum Gasteiger partial charge on any atom is 0.311 e. The Kier molecular flexibility index (Phi) is 3.99. The van der Waals surface area contributed by atoms with Gasteiger partial charge in [-0.15, -0.1) is 0 Å². The average molecular weight is 261 g/mol. The van der Waals surface area contributed by atoms with Crippen molar-refractivity contribution in [3.05, 3.63) is 58.2 Å². The van der Waals surface area contributed by atoms with Crippen LogP contribution in [0.25, 0.3) is 0 Å². The van der Waals surface area contributed by atoms with Crippen molar-refractivity contribution in [2.45, 2.75) is 13.2 Å². The van der Waals surface area contributed by atoms with E-state index < -0.39 is 4.92 Å². The van der Waals surface area contributed by atoms with E-state index in [1.807, 2.05) is 0 Å². The lowest BCUT2D eigenvalue weighted by molar-refractivity contribution is -0.386. The smallest absolute Gasteiger partial charge is 0.311 e. The third-order valence-electron chi connectivity index (χ3n) is 2.38. The van der Waals surface area contributed by atoms with Crippen molar-refractivity contribution in [2.75, 3.05) is 0 Å². The topological polar surface area (TPSA) is 98.4 Å². The van der Waals surface area contributed by atoms with Crippen molar-refractivity contribution in [1.29, 1.82) is 0 Å². The second-order valence-corrected chi connectivity index (χ2v) is 3.67. The van der Waals surface area contributed by atoms with Gasteiger partial charge in [0.05, 0.1) is 11.5 Å². The van der Waals surface area contributed by atoms with E-state index in [4.69, 9.17) is 9.84 Å². The largest absolute Gasteiger partial charge is 0.479 e. The number of ether oxygens (including phenoxy) is 1. The minimum atomic E-state index is -0.555. The molecule has 7 heteroatoms. The molecule has 1 N–H and O–H groups in total. The minimum absolute atomic E-state index is 0.0418. The zero-order chi connectivity index (χ0) is 13.7. The van der Waals surface area contributed by atoms with Crippen molar-refractivity contribution in [2.24, 2.45) is 0 Å². The standard InChI is InChI=1S/C12H11N3O4/c16-7-9-2-3-11(10(6-9)15(17)18)19-8-12-13-4-1-5-14-12/h1-6,16H,7-8H2. The number of aliphatic hydroxyl groups is 1. The second kappa shape index (κ2) is 5.87. The van der Waals surface area contributed by atoms with E-state index in [2.05, 4.69) is 9.97 Å². The third-order valence-corrected chi connectivity index (χ3v) is 2.38. The summed E-state index contributed by atoms with van der Waals surface area (Å²) in [6.45, 7) is -0.219. The van der Waals surface area contributed by atoms with Gasteiger partial charge >= 0.3 is 5.69 Å². The molecular formula is C12H11N3O4. The monoisotopic (exact) mass is 261 g/mol. The van der Waals surface area contributed by atoms with E-state index in [0.29, 0.717) is 11.4 Å². The van der Waals surface area contributed by atoms with Crippen LogP contribution < -0.4 is 4.74 Å². The molecule has 0 aliphatic rings. The van der Waals surface area contributed by atoms with Gasteiger partial charge in [0.25, 0.3) is 0 Å². The second-order valence-electron chi connectivity index (χ2n) is 3.67. The van der Waals surface area contributed by atoms with Crippen molar-refractivity contribution in [3.63, 3.8) is 0 Å². The first-order valence-electron chi connectivity index (χ1n) is 5.47. The van der Waals surface area contributed by atoms with E-state index in [0.717, 1.165) is 0 Å². The van der Waals surface area contributed by atoms with Gasteiger partial charge in [-0.3, -0.25) is 10.1 Å². The zero-order valence-corrected chi connectivity index (χ0v) is 9.89. The fourth-order valence-corrected chi connectivity index (χ4v) is 1.47. The Morgan fingerprint density at radius 2 is 2.05 bits per heavy atom. The molecule has 0 bridgehead atoms. The lowest BCUT2D eigenvalue weighted by Crippen LogP contribution is -2.03. The number of rotatable bonds is 5. The first-order chi connectivity index (χ1) is 9.20. The normalized spacial score (nSPS) is 10.2. The first kappa shape index (κ1) is 12.9. The summed E-state index contributed by atoms with van der Waals surface area (Å²) in [6.07, 6.45) is 3.13. The number of nitro groups is 1. The SMILES string of the molecule is O=[N+]([O-])c1cc(CO)ccc1OCc1ncccn1. The van der Waals surface area contributed by atoms with E-state index in [-0.39, 0.29) is 24.7 Å². The summed E-state index contributed by atoms with van der Waals surface area (Å²) in [6, 6.07) is 5.96. The number of hydrogen-bond acceptors (Lipinski definition) is 6. The lowest BCUT2D eigenvalue weighted by atomic mass is 10.2. The predicted molar refractivity (Wildman–Crippen MR) is 65.4 cm³/mol. The molecule has 0 aliphatic heterocycles. The molecule has 0 aliphatic carbocycles. The fourth-order valence-electron chi connectivity index (χ4n) is 1.47. The Labute approximate surface area is 108 Å². The molecule has 19 heavy (non-hydrogen) atoms. The van der Waals surface area contributed by atoms with Crippen LogP contribution in [-0.4, -0.2) is 20.0 Å². The van der Waals surface area contributed by atoms with Gasteiger partial charge in [-0.05, 0) is 17.7 Å². The van der Waals surface area contributed by atoms with Gasteiger partial charge in [0.1, 0.15) is 6.61 Å². The third kappa shape index (κ3) is 3.23. The number of benzene rings is 1. The van der Waals surface area contributed by atoms with Gasteiger partial charge in [-0.25, -0.2) is 9.97 Å². The van der Waals surface area contributed by atoms with Crippen LogP contribution in [0.5, 0.6) is 5.75 Å². The summed E-state index contributed by atoms with van der Waals surface area (Å²) in [4.78, 5) is 18.3. The Morgan fingerprint density at radius 3 is 2.68 bits per heavy atom. The predicted octanol–water partition coefficient (Wildman–Crippen LogP) is 1.46. The molecule has 0 saturated carbocycles.